The van der Waals surface area contributed by atoms with E-state index in [0.29, 0.717) is 11.3 Å². The van der Waals surface area contributed by atoms with E-state index in [9.17, 15) is 4.39 Å². The molecule has 2 rings (SSSR count). The molecule has 1 unspecified atom stereocenters. The zero-order valence-corrected chi connectivity index (χ0v) is 6.84. The van der Waals surface area contributed by atoms with Crippen molar-refractivity contribution >= 4 is 11.6 Å². The molecule has 0 saturated heterocycles. The van der Waals surface area contributed by atoms with Crippen LogP contribution in [0.4, 0.5) is 4.39 Å². The Labute approximate surface area is 73.8 Å². The number of hydrogen-bond acceptors (Lipinski definition) is 2. The normalized spacial score (nSPS) is 27.5. The highest BCUT2D eigenvalue weighted by molar-refractivity contribution is 6.21. The summed E-state index contributed by atoms with van der Waals surface area (Å²) in [6, 6.07) is 7.01. The molecule has 0 aromatic heterocycles. The molecule has 0 spiro atoms. The molecule has 1 aromatic rings. The summed E-state index contributed by atoms with van der Waals surface area (Å²) in [4.78, 5) is 8.92. The molecule has 0 bridgehead atoms. The van der Waals surface area contributed by atoms with E-state index in [1.165, 1.54) is 0 Å². The van der Waals surface area contributed by atoms with Crippen LogP contribution < -0.4 is 4.89 Å². The van der Waals surface area contributed by atoms with Gasteiger partial charge in [0.2, 0.25) is 0 Å². The average Bonchev–Trinajstić information content (AvgIpc) is 2.02. The van der Waals surface area contributed by atoms with Gasteiger partial charge in [0.25, 0.3) is 0 Å². The van der Waals surface area contributed by atoms with Gasteiger partial charge in [-0.3, -0.25) is 0 Å². The van der Waals surface area contributed by atoms with E-state index < -0.39 is 5.31 Å². The van der Waals surface area contributed by atoms with Crippen molar-refractivity contribution in [3.63, 3.8) is 0 Å². The predicted molar refractivity (Wildman–Crippen MR) is 41.6 cm³/mol. The lowest BCUT2D eigenvalue weighted by atomic mass is 10.1. The number of alkyl halides is 2. The largest absolute Gasteiger partial charge is 0.333 e. The van der Waals surface area contributed by atoms with Crippen molar-refractivity contribution in [2.45, 2.75) is 11.7 Å². The van der Waals surface area contributed by atoms with Gasteiger partial charge < -0.3 is 4.89 Å². The standard InChI is InChI=1S/C8H6ClFO2/c9-8(10)5-6-3-1-2-4-7(6)11-12-8/h1-4H,5H2. The summed E-state index contributed by atoms with van der Waals surface area (Å²) in [6.45, 7) is 0. The summed E-state index contributed by atoms with van der Waals surface area (Å²) >= 11 is 5.29. The fraction of sp³-hybridized carbons (Fsp3) is 0.250. The van der Waals surface area contributed by atoms with Crippen LogP contribution in [0, 0.1) is 0 Å². The molecule has 1 aromatic carbocycles. The monoisotopic (exact) mass is 188 g/mol. The summed E-state index contributed by atoms with van der Waals surface area (Å²) in [6.07, 6.45) is 0.00469. The first-order valence-electron chi connectivity index (χ1n) is 3.49. The van der Waals surface area contributed by atoms with Gasteiger partial charge in [0.1, 0.15) is 0 Å². The van der Waals surface area contributed by atoms with E-state index in [2.05, 4.69) is 9.78 Å². The highest BCUT2D eigenvalue weighted by Gasteiger charge is 2.35. The van der Waals surface area contributed by atoms with Crippen molar-refractivity contribution in [2.75, 3.05) is 0 Å². The third-order valence-corrected chi connectivity index (χ3v) is 1.82. The van der Waals surface area contributed by atoms with Crippen molar-refractivity contribution in [2.24, 2.45) is 0 Å². The molecule has 64 valence electrons. The topological polar surface area (TPSA) is 18.5 Å². The molecule has 0 amide bonds. The van der Waals surface area contributed by atoms with Crippen LogP contribution in [0.1, 0.15) is 5.56 Å². The first-order valence-corrected chi connectivity index (χ1v) is 3.87. The summed E-state index contributed by atoms with van der Waals surface area (Å²) in [5.41, 5.74) is 0.709. The maximum Gasteiger partial charge on any atom is 0.329 e. The lowest BCUT2D eigenvalue weighted by Crippen LogP contribution is -2.28. The zero-order valence-electron chi connectivity index (χ0n) is 6.09. The Balaban J connectivity index is 2.35. The molecule has 4 heteroatoms. The Morgan fingerprint density at radius 1 is 1.42 bits per heavy atom. The minimum atomic E-state index is -2.23. The third-order valence-electron chi connectivity index (χ3n) is 1.62. The first kappa shape index (κ1) is 7.83. The van der Waals surface area contributed by atoms with Crippen LogP contribution in [-0.4, -0.2) is 5.31 Å². The van der Waals surface area contributed by atoms with Gasteiger partial charge in [-0.25, -0.2) is 0 Å². The van der Waals surface area contributed by atoms with Gasteiger partial charge in [0, 0.05) is 5.56 Å². The van der Waals surface area contributed by atoms with E-state index in [1.54, 1.807) is 24.3 Å². The minimum Gasteiger partial charge on any atom is -0.333 e. The maximum absolute atomic E-state index is 13.0. The Hall–Kier alpha value is -0.800. The van der Waals surface area contributed by atoms with E-state index >= 15 is 0 Å². The Kier molecular flexibility index (Phi) is 1.70. The van der Waals surface area contributed by atoms with Crippen LogP contribution in [0.2, 0.25) is 0 Å². The number of hydrogen-bond donors (Lipinski definition) is 0. The molecular formula is C8H6ClFO2. The highest BCUT2D eigenvalue weighted by atomic mass is 35.5. The summed E-state index contributed by atoms with van der Waals surface area (Å²) < 4.78 is 13.0. The number of halogens is 2. The maximum atomic E-state index is 13.0. The molecule has 1 aliphatic rings. The molecule has 0 saturated carbocycles. The van der Waals surface area contributed by atoms with Gasteiger partial charge in [0.15, 0.2) is 5.75 Å². The minimum absolute atomic E-state index is 0.00469. The molecule has 0 N–H and O–H groups in total. The van der Waals surface area contributed by atoms with Gasteiger partial charge >= 0.3 is 5.31 Å². The second-order valence-electron chi connectivity index (χ2n) is 2.59. The van der Waals surface area contributed by atoms with Gasteiger partial charge in [0.05, 0.1) is 6.42 Å². The Morgan fingerprint density at radius 3 is 3.00 bits per heavy atom. The molecule has 2 nitrogen and oxygen atoms in total. The molecule has 0 radical (unpaired) electrons. The van der Waals surface area contributed by atoms with E-state index in [4.69, 9.17) is 11.6 Å². The molecular weight excluding hydrogens is 183 g/mol. The van der Waals surface area contributed by atoms with Gasteiger partial charge in [-0.2, -0.15) is 4.39 Å². The van der Waals surface area contributed by atoms with Crippen molar-refractivity contribution < 1.29 is 14.2 Å². The Morgan fingerprint density at radius 2 is 2.17 bits per heavy atom. The molecule has 1 heterocycles. The van der Waals surface area contributed by atoms with Crippen LogP contribution >= 0.6 is 11.6 Å². The number of benzene rings is 1. The molecule has 0 fully saturated rings. The van der Waals surface area contributed by atoms with Crippen LogP contribution in [0.25, 0.3) is 0 Å². The van der Waals surface area contributed by atoms with Crippen LogP contribution in [0.15, 0.2) is 24.3 Å². The van der Waals surface area contributed by atoms with Gasteiger partial charge in [-0.05, 0) is 17.7 Å². The molecule has 12 heavy (non-hydrogen) atoms. The van der Waals surface area contributed by atoms with E-state index in [-0.39, 0.29) is 6.42 Å². The second kappa shape index (κ2) is 2.61. The SMILES string of the molecule is FC1(Cl)Cc2ccccc2OO1. The third kappa shape index (κ3) is 1.38. The second-order valence-corrected chi connectivity index (χ2v) is 3.15. The van der Waals surface area contributed by atoms with Crippen LogP contribution in [0.5, 0.6) is 5.75 Å². The lowest BCUT2D eigenvalue weighted by molar-refractivity contribution is -0.312. The zero-order chi connectivity index (χ0) is 8.60. The summed E-state index contributed by atoms with van der Waals surface area (Å²) in [7, 11) is 0. The van der Waals surface area contributed by atoms with E-state index in [1.807, 2.05) is 0 Å². The van der Waals surface area contributed by atoms with Gasteiger partial charge in [-0.1, -0.05) is 18.2 Å². The number of para-hydroxylation sites is 1. The fourth-order valence-electron chi connectivity index (χ4n) is 1.09. The number of fused-ring (bicyclic) bond motifs is 1. The quantitative estimate of drug-likeness (QED) is 0.460. The van der Waals surface area contributed by atoms with Crippen molar-refractivity contribution in [1.29, 1.82) is 0 Å². The fourth-order valence-corrected chi connectivity index (χ4v) is 1.26. The van der Waals surface area contributed by atoms with Crippen molar-refractivity contribution in [3.8, 4) is 5.75 Å². The van der Waals surface area contributed by atoms with Crippen molar-refractivity contribution in [3.05, 3.63) is 29.8 Å². The molecule has 1 aliphatic heterocycles. The van der Waals surface area contributed by atoms with E-state index in [0.717, 1.165) is 0 Å². The average molecular weight is 189 g/mol. The summed E-state index contributed by atoms with van der Waals surface area (Å²) in [5, 5.41) is -2.23. The summed E-state index contributed by atoms with van der Waals surface area (Å²) in [5.74, 6) is 0.520. The smallest absolute Gasteiger partial charge is 0.329 e. The molecule has 0 aliphatic carbocycles. The van der Waals surface area contributed by atoms with Gasteiger partial charge in [-0.15, -0.1) is 4.89 Å². The number of rotatable bonds is 0. The Bertz CT molecular complexity index is 301. The molecule has 1 atom stereocenters. The van der Waals surface area contributed by atoms with Crippen LogP contribution in [-0.2, 0) is 11.3 Å². The lowest BCUT2D eigenvalue weighted by Gasteiger charge is -2.23. The highest BCUT2D eigenvalue weighted by Crippen LogP contribution is 2.34. The van der Waals surface area contributed by atoms with Crippen molar-refractivity contribution in [1.82, 2.24) is 0 Å². The predicted octanol–water partition coefficient (Wildman–Crippen LogP) is 2.42. The van der Waals surface area contributed by atoms with Crippen LogP contribution in [0.3, 0.4) is 0 Å². The first-order chi connectivity index (χ1) is 5.67.